The van der Waals surface area contributed by atoms with Crippen LogP contribution in [0.2, 0.25) is 0 Å². The lowest BCUT2D eigenvalue weighted by atomic mass is 10.1. The van der Waals surface area contributed by atoms with Gasteiger partial charge in [0.05, 0.1) is 18.3 Å². The Morgan fingerprint density at radius 2 is 1.80 bits per heavy atom. The molecule has 2 heterocycles. The van der Waals surface area contributed by atoms with Crippen LogP contribution in [0.3, 0.4) is 0 Å². The third-order valence-electron chi connectivity index (χ3n) is 5.03. The molecule has 1 aromatic carbocycles. The standard InChI is InChI=1S/C21H32N6OS.HI/c1-22-20(24-13-18-15-29-21(25-18)26(2)3)23-12-16-4-6-17(7-5-16)14-27-10-8-19(28)9-11-27;/h4-7,15,19,28H,8-14H2,1-3H3,(H2,22,23,24);1H. The molecule has 1 aliphatic heterocycles. The number of hydrogen-bond donors (Lipinski definition) is 3. The lowest BCUT2D eigenvalue weighted by Crippen LogP contribution is -2.36. The number of halogens is 1. The van der Waals surface area contributed by atoms with Crippen molar-refractivity contribution in [3.05, 3.63) is 46.5 Å². The predicted octanol–water partition coefficient (Wildman–Crippen LogP) is 2.65. The van der Waals surface area contributed by atoms with Crippen LogP contribution in [-0.2, 0) is 19.6 Å². The number of aliphatic imine (C=N–C) groups is 1. The van der Waals surface area contributed by atoms with Crippen molar-refractivity contribution in [1.82, 2.24) is 20.5 Å². The summed E-state index contributed by atoms with van der Waals surface area (Å²) in [6.07, 6.45) is 1.64. The number of benzene rings is 1. The molecular formula is C21H33IN6OS. The van der Waals surface area contributed by atoms with Crippen molar-refractivity contribution in [3.63, 3.8) is 0 Å². The lowest BCUT2D eigenvalue weighted by molar-refractivity contribution is 0.0792. The van der Waals surface area contributed by atoms with Gasteiger partial charge in [0.25, 0.3) is 0 Å². The summed E-state index contributed by atoms with van der Waals surface area (Å²) in [6, 6.07) is 8.71. The monoisotopic (exact) mass is 544 g/mol. The van der Waals surface area contributed by atoms with Crippen molar-refractivity contribution in [2.75, 3.05) is 39.1 Å². The molecule has 0 radical (unpaired) electrons. The van der Waals surface area contributed by atoms with E-state index in [2.05, 4.69) is 55.2 Å². The minimum Gasteiger partial charge on any atom is -0.393 e. The van der Waals surface area contributed by atoms with Gasteiger partial charge < -0.3 is 20.6 Å². The third kappa shape index (κ3) is 7.68. The molecule has 2 aromatic rings. The average molecular weight is 545 g/mol. The second kappa shape index (κ2) is 12.4. The van der Waals surface area contributed by atoms with E-state index in [9.17, 15) is 5.11 Å². The van der Waals surface area contributed by atoms with Crippen LogP contribution < -0.4 is 15.5 Å². The summed E-state index contributed by atoms with van der Waals surface area (Å²) in [6.45, 7) is 4.26. The van der Waals surface area contributed by atoms with E-state index in [1.165, 1.54) is 11.1 Å². The van der Waals surface area contributed by atoms with Gasteiger partial charge >= 0.3 is 0 Å². The molecule has 1 aliphatic rings. The van der Waals surface area contributed by atoms with Crippen LogP contribution in [0, 0.1) is 0 Å². The van der Waals surface area contributed by atoms with Crippen LogP contribution in [0.15, 0.2) is 34.6 Å². The van der Waals surface area contributed by atoms with E-state index in [1.807, 2.05) is 19.0 Å². The second-order valence-electron chi connectivity index (χ2n) is 7.62. The van der Waals surface area contributed by atoms with Gasteiger partial charge in [-0.1, -0.05) is 24.3 Å². The number of hydrogen-bond acceptors (Lipinski definition) is 6. The van der Waals surface area contributed by atoms with Crippen molar-refractivity contribution in [2.45, 2.75) is 38.6 Å². The SMILES string of the molecule is CN=C(NCc1ccc(CN2CCC(O)CC2)cc1)NCc1csc(N(C)C)n1.I. The van der Waals surface area contributed by atoms with E-state index >= 15 is 0 Å². The first-order valence-electron chi connectivity index (χ1n) is 10.1. The minimum atomic E-state index is -0.117. The van der Waals surface area contributed by atoms with Crippen LogP contribution in [0.5, 0.6) is 0 Å². The Labute approximate surface area is 200 Å². The van der Waals surface area contributed by atoms with Gasteiger partial charge in [0.2, 0.25) is 0 Å². The highest BCUT2D eigenvalue weighted by atomic mass is 127. The zero-order valence-electron chi connectivity index (χ0n) is 18.0. The van der Waals surface area contributed by atoms with E-state index in [0.717, 1.165) is 55.8 Å². The van der Waals surface area contributed by atoms with E-state index < -0.39 is 0 Å². The largest absolute Gasteiger partial charge is 0.393 e. The Kier molecular flexibility index (Phi) is 10.3. The maximum Gasteiger partial charge on any atom is 0.191 e. The number of aliphatic hydroxyl groups excluding tert-OH is 1. The van der Waals surface area contributed by atoms with Crippen molar-refractivity contribution in [1.29, 1.82) is 0 Å². The molecule has 0 aliphatic carbocycles. The van der Waals surface area contributed by atoms with Gasteiger partial charge in [0.15, 0.2) is 11.1 Å². The highest BCUT2D eigenvalue weighted by molar-refractivity contribution is 14.0. The molecule has 0 saturated carbocycles. The topological polar surface area (TPSA) is 76.0 Å². The molecule has 1 saturated heterocycles. The maximum absolute atomic E-state index is 9.63. The number of nitrogens with one attached hydrogen (secondary N) is 2. The Bertz CT molecular complexity index is 787. The number of rotatable bonds is 7. The summed E-state index contributed by atoms with van der Waals surface area (Å²) in [5, 5.41) is 19.4. The van der Waals surface area contributed by atoms with Crippen molar-refractivity contribution in [3.8, 4) is 0 Å². The Morgan fingerprint density at radius 3 is 2.40 bits per heavy atom. The van der Waals surface area contributed by atoms with E-state index in [1.54, 1.807) is 18.4 Å². The summed E-state index contributed by atoms with van der Waals surface area (Å²) in [4.78, 5) is 13.3. The molecule has 3 N–H and O–H groups in total. The van der Waals surface area contributed by atoms with Gasteiger partial charge in [-0.3, -0.25) is 9.89 Å². The number of aromatic nitrogens is 1. The molecule has 0 unspecified atom stereocenters. The van der Waals surface area contributed by atoms with Crippen LogP contribution in [0.4, 0.5) is 5.13 Å². The van der Waals surface area contributed by atoms with Crippen molar-refractivity contribution >= 4 is 46.4 Å². The maximum atomic E-state index is 9.63. The third-order valence-corrected chi connectivity index (χ3v) is 6.09. The van der Waals surface area contributed by atoms with E-state index in [4.69, 9.17) is 0 Å². The summed E-state index contributed by atoms with van der Waals surface area (Å²) in [5.74, 6) is 0.764. The fourth-order valence-corrected chi connectivity index (χ4v) is 4.02. The number of guanidine groups is 1. The fourth-order valence-electron chi connectivity index (χ4n) is 3.26. The molecule has 9 heteroatoms. The molecule has 0 atom stereocenters. The van der Waals surface area contributed by atoms with Crippen molar-refractivity contribution < 1.29 is 5.11 Å². The van der Waals surface area contributed by atoms with Gasteiger partial charge in [0, 0.05) is 52.7 Å². The molecule has 7 nitrogen and oxygen atoms in total. The van der Waals surface area contributed by atoms with Crippen LogP contribution >= 0.6 is 35.3 Å². The van der Waals surface area contributed by atoms with Gasteiger partial charge in [-0.2, -0.15) is 0 Å². The van der Waals surface area contributed by atoms with Crippen LogP contribution in [0.25, 0.3) is 0 Å². The Morgan fingerprint density at radius 1 is 1.17 bits per heavy atom. The Hall–Kier alpha value is -1.43. The summed E-state index contributed by atoms with van der Waals surface area (Å²) < 4.78 is 0. The average Bonchev–Trinajstić information content (AvgIpc) is 3.20. The predicted molar refractivity (Wildman–Crippen MR) is 136 cm³/mol. The van der Waals surface area contributed by atoms with Gasteiger partial charge in [0.1, 0.15) is 0 Å². The number of thiazole rings is 1. The van der Waals surface area contributed by atoms with Crippen molar-refractivity contribution in [2.24, 2.45) is 4.99 Å². The number of anilines is 1. The summed E-state index contributed by atoms with van der Waals surface area (Å²) >= 11 is 1.64. The van der Waals surface area contributed by atoms with Gasteiger partial charge in [-0.05, 0) is 24.0 Å². The van der Waals surface area contributed by atoms with Crippen LogP contribution in [-0.4, -0.2) is 61.3 Å². The first-order valence-corrected chi connectivity index (χ1v) is 11.0. The molecule has 0 amide bonds. The first kappa shape index (κ1) is 24.8. The molecule has 3 rings (SSSR count). The molecular weight excluding hydrogens is 511 g/mol. The van der Waals surface area contributed by atoms with Gasteiger partial charge in [-0.25, -0.2) is 4.98 Å². The number of nitrogens with zero attached hydrogens (tertiary/aromatic N) is 4. The molecule has 166 valence electrons. The molecule has 0 bridgehead atoms. The smallest absolute Gasteiger partial charge is 0.191 e. The van der Waals surface area contributed by atoms with E-state index in [0.29, 0.717) is 6.54 Å². The zero-order valence-corrected chi connectivity index (χ0v) is 21.1. The number of likely N-dealkylation sites (tertiary alicyclic amines) is 1. The fraction of sp³-hybridized carbons (Fsp3) is 0.524. The van der Waals surface area contributed by atoms with Crippen LogP contribution in [0.1, 0.15) is 29.7 Å². The minimum absolute atomic E-state index is 0. The quantitative estimate of drug-likeness (QED) is 0.283. The molecule has 1 fully saturated rings. The molecule has 0 spiro atoms. The van der Waals surface area contributed by atoms with E-state index in [-0.39, 0.29) is 30.1 Å². The zero-order chi connectivity index (χ0) is 20.6. The molecule has 30 heavy (non-hydrogen) atoms. The Balaban J connectivity index is 0.00000320. The summed E-state index contributed by atoms with van der Waals surface area (Å²) in [5.41, 5.74) is 3.54. The summed E-state index contributed by atoms with van der Waals surface area (Å²) in [7, 11) is 5.78. The normalized spacial score (nSPS) is 15.5. The van der Waals surface area contributed by atoms with Gasteiger partial charge in [-0.15, -0.1) is 35.3 Å². The number of piperidine rings is 1. The highest BCUT2D eigenvalue weighted by Crippen LogP contribution is 2.17. The second-order valence-corrected chi connectivity index (χ2v) is 8.46. The first-order chi connectivity index (χ1) is 14.0. The highest BCUT2D eigenvalue weighted by Gasteiger charge is 2.16. The lowest BCUT2D eigenvalue weighted by Gasteiger charge is -2.29. The number of aliphatic hydroxyl groups is 1. The molecule has 1 aromatic heterocycles.